The van der Waals surface area contributed by atoms with Gasteiger partial charge in [-0.15, -0.1) is 0 Å². The van der Waals surface area contributed by atoms with E-state index in [9.17, 15) is 4.79 Å². The smallest absolute Gasteiger partial charge is 0.231 e. The zero-order valence-electron chi connectivity index (χ0n) is 16.7. The van der Waals surface area contributed by atoms with E-state index in [1.165, 1.54) is 0 Å². The predicted molar refractivity (Wildman–Crippen MR) is 126 cm³/mol. The Balaban J connectivity index is 1.62. The predicted octanol–water partition coefficient (Wildman–Crippen LogP) is 7.27. The molecule has 0 amide bonds. The summed E-state index contributed by atoms with van der Waals surface area (Å²) in [5.41, 5.74) is 2.64. The topological polar surface area (TPSA) is 44.8 Å². The first-order valence-corrected chi connectivity index (χ1v) is 10.9. The van der Waals surface area contributed by atoms with E-state index in [1.54, 1.807) is 43.5 Å². The van der Waals surface area contributed by atoms with Gasteiger partial charge < -0.3 is 14.2 Å². The van der Waals surface area contributed by atoms with Crippen LogP contribution in [0.3, 0.4) is 0 Å². The number of halogens is 3. The Morgan fingerprint density at radius 2 is 1.77 bits per heavy atom. The van der Waals surface area contributed by atoms with Crippen LogP contribution in [0.4, 0.5) is 0 Å². The molecule has 158 valence electrons. The molecule has 0 aromatic heterocycles. The molecule has 4 nitrogen and oxygen atoms in total. The van der Waals surface area contributed by atoms with Crippen LogP contribution in [-0.4, -0.2) is 12.9 Å². The standard InChI is InChI=1S/C24H17BrCl2O4/c1-13-20(30-12-17-18(26)4-3-5-19(17)27)9-7-16-23(28)22(31-24(13)16)11-14-10-15(25)6-8-21(14)29-2/h3-11H,12H2,1-2H3/b22-11-. The van der Waals surface area contributed by atoms with Gasteiger partial charge in [-0.05, 0) is 55.5 Å². The maximum absolute atomic E-state index is 12.9. The van der Waals surface area contributed by atoms with Crippen LogP contribution in [-0.2, 0) is 6.61 Å². The van der Waals surface area contributed by atoms with Gasteiger partial charge in [0, 0.05) is 31.2 Å². The SMILES string of the molecule is COc1ccc(Br)cc1/C=C1\Oc2c(ccc(OCc3c(Cl)cccc3Cl)c2C)C1=O. The third-order valence-electron chi connectivity index (χ3n) is 4.95. The van der Waals surface area contributed by atoms with E-state index in [-0.39, 0.29) is 18.1 Å². The Morgan fingerprint density at radius 1 is 1.06 bits per heavy atom. The van der Waals surface area contributed by atoms with Crippen LogP contribution >= 0.6 is 39.1 Å². The molecule has 3 aromatic rings. The molecule has 0 radical (unpaired) electrons. The van der Waals surface area contributed by atoms with Crippen molar-refractivity contribution in [2.24, 2.45) is 0 Å². The van der Waals surface area contributed by atoms with E-state index in [1.807, 2.05) is 25.1 Å². The lowest BCUT2D eigenvalue weighted by Gasteiger charge is -2.13. The lowest BCUT2D eigenvalue weighted by molar-refractivity contribution is 0.101. The second-order valence-corrected chi connectivity index (χ2v) is 8.61. The van der Waals surface area contributed by atoms with Crippen molar-refractivity contribution in [1.82, 2.24) is 0 Å². The largest absolute Gasteiger partial charge is 0.496 e. The molecule has 31 heavy (non-hydrogen) atoms. The summed E-state index contributed by atoms with van der Waals surface area (Å²) in [5.74, 6) is 1.74. The minimum absolute atomic E-state index is 0.194. The number of fused-ring (bicyclic) bond motifs is 1. The number of hydrogen-bond acceptors (Lipinski definition) is 4. The zero-order valence-corrected chi connectivity index (χ0v) is 19.8. The first-order valence-electron chi connectivity index (χ1n) is 9.36. The third kappa shape index (κ3) is 4.31. The molecule has 0 unspecified atom stereocenters. The van der Waals surface area contributed by atoms with Crippen molar-refractivity contribution in [3.05, 3.63) is 91.1 Å². The number of rotatable bonds is 5. The molecule has 4 rings (SSSR count). The van der Waals surface area contributed by atoms with E-state index in [0.717, 1.165) is 15.6 Å². The normalized spacial score (nSPS) is 13.8. The Kier molecular flexibility index (Phi) is 6.28. The summed E-state index contributed by atoms with van der Waals surface area (Å²) in [4.78, 5) is 12.9. The number of methoxy groups -OCH3 is 1. The van der Waals surface area contributed by atoms with Gasteiger partial charge in [-0.25, -0.2) is 0 Å². The molecule has 0 atom stereocenters. The molecule has 1 aliphatic heterocycles. The highest BCUT2D eigenvalue weighted by Crippen LogP contribution is 2.40. The fourth-order valence-electron chi connectivity index (χ4n) is 3.30. The van der Waals surface area contributed by atoms with Crippen molar-refractivity contribution in [2.75, 3.05) is 7.11 Å². The number of ketones is 1. The fourth-order valence-corrected chi connectivity index (χ4v) is 4.19. The molecule has 0 saturated carbocycles. The number of ether oxygens (including phenoxy) is 3. The molecule has 0 fully saturated rings. The molecule has 0 spiro atoms. The summed E-state index contributed by atoms with van der Waals surface area (Å²) >= 11 is 15.9. The average molecular weight is 520 g/mol. The molecule has 1 aliphatic rings. The van der Waals surface area contributed by atoms with Crippen molar-refractivity contribution in [3.63, 3.8) is 0 Å². The number of Topliss-reactive ketones (excluding diaryl/α,β-unsaturated/α-hetero) is 1. The number of carbonyl (C=O) groups excluding carboxylic acids is 1. The Morgan fingerprint density at radius 3 is 2.48 bits per heavy atom. The third-order valence-corrected chi connectivity index (χ3v) is 6.15. The molecular formula is C24H17BrCl2O4. The Bertz CT molecular complexity index is 1200. The van der Waals surface area contributed by atoms with Gasteiger partial charge in [0.1, 0.15) is 23.9 Å². The van der Waals surface area contributed by atoms with Crippen molar-refractivity contribution in [3.8, 4) is 17.2 Å². The monoisotopic (exact) mass is 518 g/mol. The molecule has 0 saturated heterocycles. The minimum Gasteiger partial charge on any atom is -0.496 e. The number of allylic oxidation sites excluding steroid dienone is 1. The molecule has 0 N–H and O–H groups in total. The van der Waals surface area contributed by atoms with Crippen LogP contribution in [0.2, 0.25) is 10.0 Å². The summed E-state index contributed by atoms with van der Waals surface area (Å²) in [5, 5.41) is 1.07. The van der Waals surface area contributed by atoms with Gasteiger partial charge in [-0.3, -0.25) is 4.79 Å². The van der Waals surface area contributed by atoms with Gasteiger partial charge in [0.25, 0.3) is 0 Å². The highest BCUT2D eigenvalue weighted by Gasteiger charge is 2.30. The van der Waals surface area contributed by atoms with E-state index < -0.39 is 0 Å². The summed E-state index contributed by atoms with van der Waals surface area (Å²) in [6.45, 7) is 2.04. The number of carbonyl (C=O) groups is 1. The number of benzene rings is 3. The van der Waals surface area contributed by atoms with Crippen LogP contribution in [0.5, 0.6) is 17.2 Å². The van der Waals surface area contributed by atoms with Crippen LogP contribution in [0.1, 0.15) is 27.0 Å². The Hall–Kier alpha value is -2.47. The first kappa shape index (κ1) is 21.8. The van der Waals surface area contributed by atoms with Crippen molar-refractivity contribution in [1.29, 1.82) is 0 Å². The van der Waals surface area contributed by atoms with Crippen LogP contribution in [0.25, 0.3) is 6.08 Å². The fraction of sp³-hybridized carbons (Fsp3) is 0.125. The summed E-state index contributed by atoms with van der Waals surface area (Å²) in [7, 11) is 1.58. The molecule has 0 bridgehead atoms. The molecule has 0 aliphatic carbocycles. The first-order chi connectivity index (χ1) is 14.9. The zero-order chi connectivity index (χ0) is 22.1. The van der Waals surface area contributed by atoms with E-state index in [2.05, 4.69) is 15.9 Å². The summed E-state index contributed by atoms with van der Waals surface area (Å²) < 4.78 is 18.1. The molecule has 7 heteroatoms. The Labute approximate surface area is 198 Å². The lowest BCUT2D eigenvalue weighted by Crippen LogP contribution is -2.00. The van der Waals surface area contributed by atoms with Gasteiger partial charge in [0.2, 0.25) is 5.78 Å². The van der Waals surface area contributed by atoms with Gasteiger partial charge in [-0.1, -0.05) is 45.2 Å². The van der Waals surface area contributed by atoms with E-state index in [0.29, 0.717) is 38.4 Å². The quantitative estimate of drug-likeness (QED) is 0.332. The summed E-state index contributed by atoms with van der Waals surface area (Å²) in [6, 6.07) is 14.3. The van der Waals surface area contributed by atoms with Gasteiger partial charge in [0.15, 0.2) is 5.76 Å². The van der Waals surface area contributed by atoms with E-state index >= 15 is 0 Å². The molecule has 3 aromatic carbocycles. The molecule has 1 heterocycles. The van der Waals surface area contributed by atoms with Crippen molar-refractivity contribution in [2.45, 2.75) is 13.5 Å². The van der Waals surface area contributed by atoms with Gasteiger partial charge in [0.05, 0.1) is 12.7 Å². The summed E-state index contributed by atoms with van der Waals surface area (Å²) in [6.07, 6.45) is 1.68. The van der Waals surface area contributed by atoms with Crippen molar-refractivity contribution >= 4 is 51.0 Å². The number of hydrogen-bond donors (Lipinski definition) is 0. The van der Waals surface area contributed by atoms with Gasteiger partial charge in [-0.2, -0.15) is 0 Å². The van der Waals surface area contributed by atoms with Crippen molar-refractivity contribution < 1.29 is 19.0 Å². The lowest BCUT2D eigenvalue weighted by atomic mass is 10.1. The highest BCUT2D eigenvalue weighted by atomic mass is 79.9. The van der Waals surface area contributed by atoms with Crippen LogP contribution in [0.15, 0.2) is 58.8 Å². The second kappa shape index (κ2) is 8.95. The highest BCUT2D eigenvalue weighted by molar-refractivity contribution is 9.10. The second-order valence-electron chi connectivity index (χ2n) is 6.88. The van der Waals surface area contributed by atoms with Gasteiger partial charge >= 0.3 is 0 Å². The maximum Gasteiger partial charge on any atom is 0.231 e. The average Bonchev–Trinajstić information content (AvgIpc) is 3.06. The van der Waals surface area contributed by atoms with Crippen LogP contribution < -0.4 is 14.2 Å². The minimum atomic E-state index is -0.194. The maximum atomic E-state index is 12.9. The van der Waals surface area contributed by atoms with E-state index in [4.69, 9.17) is 37.4 Å². The van der Waals surface area contributed by atoms with Crippen LogP contribution in [0, 0.1) is 6.92 Å². The molecular weight excluding hydrogens is 503 g/mol.